The highest BCUT2D eigenvalue weighted by Gasteiger charge is 2.43. The molecule has 4 heteroatoms. The summed E-state index contributed by atoms with van der Waals surface area (Å²) in [5, 5.41) is 12.3. The fourth-order valence-corrected chi connectivity index (χ4v) is 3.54. The topological polar surface area (TPSA) is 66.4 Å². The first-order chi connectivity index (χ1) is 8.99. The van der Waals surface area contributed by atoms with Crippen molar-refractivity contribution >= 4 is 11.9 Å². The van der Waals surface area contributed by atoms with Gasteiger partial charge in [-0.05, 0) is 25.7 Å². The molecule has 0 aliphatic heterocycles. The van der Waals surface area contributed by atoms with E-state index in [0.29, 0.717) is 19.4 Å². The van der Waals surface area contributed by atoms with E-state index < -0.39 is 11.4 Å². The van der Waals surface area contributed by atoms with Crippen molar-refractivity contribution < 1.29 is 14.7 Å². The Morgan fingerprint density at radius 3 is 2.05 bits per heavy atom. The first kappa shape index (κ1) is 14.4. The molecule has 19 heavy (non-hydrogen) atoms. The lowest BCUT2D eigenvalue weighted by molar-refractivity contribution is -0.149. The van der Waals surface area contributed by atoms with Gasteiger partial charge in [0, 0.05) is 12.0 Å². The molecule has 2 aliphatic rings. The summed E-state index contributed by atoms with van der Waals surface area (Å²) in [6.07, 6.45) is 8.58. The Labute approximate surface area is 115 Å². The van der Waals surface area contributed by atoms with Gasteiger partial charge in [-0.2, -0.15) is 0 Å². The van der Waals surface area contributed by atoms with Crippen molar-refractivity contribution in [3.8, 4) is 0 Å². The lowest BCUT2D eigenvalue weighted by Gasteiger charge is -2.33. The Hall–Kier alpha value is -1.06. The largest absolute Gasteiger partial charge is 0.481 e. The van der Waals surface area contributed by atoms with Gasteiger partial charge in [0.1, 0.15) is 0 Å². The number of hydrogen-bond donors (Lipinski definition) is 2. The summed E-state index contributed by atoms with van der Waals surface area (Å²) in [6, 6.07) is 0. The highest BCUT2D eigenvalue weighted by molar-refractivity contribution is 5.83. The SMILES string of the molecule is CC1(C(=O)NCC2(C(=O)O)CCCC2)CCCCC1. The van der Waals surface area contributed by atoms with Gasteiger partial charge in [-0.3, -0.25) is 9.59 Å². The molecule has 0 heterocycles. The second-order valence-corrected chi connectivity index (χ2v) is 6.60. The molecule has 108 valence electrons. The maximum Gasteiger partial charge on any atom is 0.311 e. The van der Waals surface area contributed by atoms with Gasteiger partial charge in [0.25, 0.3) is 0 Å². The van der Waals surface area contributed by atoms with Crippen LogP contribution in [-0.2, 0) is 9.59 Å². The van der Waals surface area contributed by atoms with E-state index in [2.05, 4.69) is 5.32 Å². The van der Waals surface area contributed by atoms with E-state index in [4.69, 9.17) is 0 Å². The molecular formula is C15H25NO3. The van der Waals surface area contributed by atoms with E-state index in [0.717, 1.165) is 38.5 Å². The molecule has 0 spiro atoms. The number of amides is 1. The van der Waals surface area contributed by atoms with Gasteiger partial charge in [-0.25, -0.2) is 0 Å². The van der Waals surface area contributed by atoms with E-state index in [1.54, 1.807) is 0 Å². The predicted octanol–water partition coefficient (Wildman–Crippen LogP) is 2.72. The van der Waals surface area contributed by atoms with Crippen LogP contribution in [0.5, 0.6) is 0 Å². The quantitative estimate of drug-likeness (QED) is 0.823. The standard InChI is InChI=1S/C15H25NO3/c1-14(7-3-2-4-8-14)12(17)16-11-15(13(18)19)9-5-6-10-15/h2-11H2,1H3,(H,16,17)(H,18,19). The molecule has 2 saturated carbocycles. The van der Waals surface area contributed by atoms with Gasteiger partial charge < -0.3 is 10.4 Å². The van der Waals surface area contributed by atoms with Gasteiger partial charge in [0.2, 0.25) is 5.91 Å². The smallest absolute Gasteiger partial charge is 0.311 e. The predicted molar refractivity (Wildman–Crippen MR) is 72.7 cm³/mol. The first-order valence-electron chi connectivity index (χ1n) is 7.50. The van der Waals surface area contributed by atoms with Crippen LogP contribution in [0, 0.1) is 10.8 Å². The summed E-state index contributed by atoms with van der Waals surface area (Å²) in [4.78, 5) is 23.8. The Morgan fingerprint density at radius 1 is 1.00 bits per heavy atom. The molecule has 1 amide bonds. The highest BCUT2D eigenvalue weighted by atomic mass is 16.4. The zero-order valence-corrected chi connectivity index (χ0v) is 11.8. The van der Waals surface area contributed by atoms with Crippen molar-refractivity contribution in [1.82, 2.24) is 5.32 Å². The van der Waals surface area contributed by atoms with Crippen LogP contribution >= 0.6 is 0 Å². The average molecular weight is 267 g/mol. The minimum Gasteiger partial charge on any atom is -0.481 e. The number of rotatable bonds is 4. The highest BCUT2D eigenvalue weighted by Crippen LogP contribution is 2.39. The van der Waals surface area contributed by atoms with Crippen molar-refractivity contribution in [1.29, 1.82) is 0 Å². The zero-order chi connectivity index (χ0) is 13.9. The fourth-order valence-electron chi connectivity index (χ4n) is 3.54. The van der Waals surface area contributed by atoms with E-state index in [9.17, 15) is 14.7 Å². The molecule has 2 fully saturated rings. The van der Waals surface area contributed by atoms with Crippen LogP contribution in [0.15, 0.2) is 0 Å². The molecule has 0 atom stereocenters. The van der Waals surface area contributed by atoms with Crippen LogP contribution < -0.4 is 5.32 Å². The number of nitrogens with one attached hydrogen (secondary N) is 1. The molecule has 4 nitrogen and oxygen atoms in total. The number of carbonyl (C=O) groups is 2. The van der Waals surface area contributed by atoms with Crippen molar-refractivity contribution in [3.05, 3.63) is 0 Å². The Morgan fingerprint density at radius 2 is 1.53 bits per heavy atom. The zero-order valence-electron chi connectivity index (χ0n) is 11.8. The molecule has 0 unspecified atom stereocenters. The Kier molecular flexibility index (Phi) is 4.16. The average Bonchev–Trinajstić information content (AvgIpc) is 2.87. The normalized spacial score (nSPS) is 24.9. The molecule has 0 aromatic heterocycles. The second kappa shape index (κ2) is 5.51. The van der Waals surface area contributed by atoms with Gasteiger partial charge in [-0.1, -0.05) is 39.0 Å². The molecule has 0 saturated heterocycles. The number of carboxylic acids is 1. The Bertz CT molecular complexity index is 352. The van der Waals surface area contributed by atoms with Gasteiger partial charge in [0.15, 0.2) is 0 Å². The second-order valence-electron chi connectivity index (χ2n) is 6.60. The third-order valence-electron chi connectivity index (χ3n) is 5.11. The van der Waals surface area contributed by atoms with Crippen LogP contribution in [0.2, 0.25) is 0 Å². The van der Waals surface area contributed by atoms with Crippen molar-refractivity contribution in [3.63, 3.8) is 0 Å². The first-order valence-corrected chi connectivity index (χ1v) is 7.50. The van der Waals surface area contributed by atoms with Crippen LogP contribution in [0.1, 0.15) is 64.7 Å². The van der Waals surface area contributed by atoms with Gasteiger partial charge >= 0.3 is 5.97 Å². The van der Waals surface area contributed by atoms with E-state index in [1.165, 1.54) is 6.42 Å². The number of carboxylic acid groups (broad SMARTS) is 1. The third kappa shape index (κ3) is 2.93. The number of aliphatic carboxylic acids is 1. The molecule has 2 N–H and O–H groups in total. The third-order valence-corrected chi connectivity index (χ3v) is 5.11. The summed E-state index contributed by atoms with van der Waals surface area (Å²) in [7, 11) is 0. The van der Waals surface area contributed by atoms with Crippen LogP contribution in [-0.4, -0.2) is 23.5 Å². The summed E-state index contributed by atoms with van der Waals surface area (Å²) in [6.45, 7) is 2.32. The molecule has 0 aromatic carbocycles. The summed E-state index contributed by atoms with van der Waals surface area (Å²) in [5.74, 6) is -0.696. The maximum atomic E-state index is 12.3. The van der Waals surface area contributed by atoms with E-state index >= 15 is 0 Å². The van der Waals surface area contributed by atoms with Gasteiger partial charge in [0.05, 0.1) is 5.41 Å². The molecule has 0 radical (unpaired) electrons. The van der Waals surface area contributed by atoms with E-state index in [-0.39, 0.29) is 11.3 Å². The molecule has 0 aromatic rings. The minimum atomic E-state index is -0.751. The summed E-state index contributed by atoms with van der Waals surface area (Å²) < 4.78 is 0. The maximum absolute atomic E-state index is 12.3. The van der Waals surface area contributed by atoms with Crippen LogP contribution in [0.25, 0.3) is 0 Å². The number of carbonyl (C=O) groups excluding carboxylic acids is 1. The van der Waals surface area contributed by atoms with Crippen LogP contribution in [0.3, 0.4) is 0 Å². The summed E-state index contributed by atoms with van der Waals surface area (Å²) in [5.41, 5.74) is -0.989. The Balaban J connectivity index is 1.93. The monoisotopic (exact) mass is 267 g/mol. The minimum absolute atomic E-state index is 0.0553. The van der Waals surface area contributed by atoms with Crippen LogP contribution in [0.4, 0.5) is 0 Å². The molecule has 2 aliphatic carbocycles. The molecule has 0 bridgehead atoms. The van der Waals surface area contributed by atoms with Crippen molar-refractivity contribution in [2.75, 3.05) is 6.54 Å². The van der Waals surface area contributed by atoms with E-state index in [1.807, 2.05) is 6.92 Å². The number of hydrogen-bond acceptors (Lipinski definition) is 2. The fraction of sp³-hybridized carbons (Fsp3) is 0.867. The van der Waals surface area contributed by atoms with Crippen molar-refractivity contribution in [2.45, 2.75) is 64.7 Å². The molecular weight excluding hydrogens is 242 g/mol. The lowest BCUT2D eigenvalue weighted by Crippen LogP contribution is -2.47. The van der Waals surface area contributed by atoms with Crippen molar-refractivity contribution in [2.24, 2.45) is 10.8 Å². The summed E-state index contributed by atoms with van der Waals surface area (Å²) >= 11 is 0. The van der Waals surface area contributed by atoms with Gasteiger partial charge in [-0.15, -0.1) is 0 Å². The lowest BCUT2D eigenvalue weighted by atomic mass is 9.74. The molecule has 2 rings (SSSR count).